The van der Waals surface area contributed by atoms with Crippen LogP contribution in [-0.4, -0.2) is 31.7 Å². The molecule has 5 rings (SSSR count). The van der Waals surface area contributed by atoms with E-state index in [-0.39, 0.29) is 12.4 Å². The number of ether oxygens (including phenoxy) is 1. The summed E-state index contributed by atoms with van der Waals surface area (Å²) in [5.74, 6) is 1.02. The van der Waals surface area contributed by atoms with Gasteiger partial charge in [-0.25, -0.2) is 4.98 Å². The minimum Gasteiger partial charge on any atom is -0.460 e. The zero-order valence-electron chi connectivity index (χ0n) is 20.8. The molecule has 7 nitrogen and oxygen atoms in total. The van der Waals surface area contributed by atoms with Gasteiger partial charge in [-0.15, -0.1) is 10.2 Å². The number of halogens is 3. The van der Waals surface area contributed by atoms with E-state index in [2.05, 4.69) is 20.2 Å². The van der Waals surface area contributed by atoms with Gasteiger partial charge in [0.25, 0.3) is 0 Å². The van der Waals surface area contributed by atoms with Crippen molar-refractivity contribution in [1.82, 2.24) is 20.2 Å². The summed E-state index contributed by atoms with van der Waals surface area (Å²) in [6.07, 6.45) is 0.687. The Labute approximate surface area is 234 Å². The van der Waals surface area contributed by atoms with Crippen molar-refractivity contribution >= 4 is 51.8 Å². The SMILES string of the molecule is CC(C)(C)OC(=O)CCc1cc(Cl)c(-c2nc3ccc(-c4nnc(-c5ccc(Cl)cc5)o4)cc3[nH]2)c(Cl)c1. The second kappa shape index (κ2) is 10.4. The fourth-order valence-corrected chi connectivity index (χ4v) is 4.78. The molecule has 0 saturated heterocycles. The standard InChI is InChI=1S/C28H23Cl3N4O3/c1-28(2,3)38-23(36)11-4-15-12-19(30)24(20(31)13-15)25-32-21-10-7-17(14-22(21)33-25)27-35-34-26(37-27)16-5-8-18(29)9-6-16/h5-10,12-14H,4,11H2,1-3H3,(H,32,33). The molecule has 0 aliphatic rings. The number of aromatic amines is 1. The third-order valence-corrected chi connectivity index (χ3v) is 6.47. The van der Waals surface area contributed by atoms with Crippen LogP contribution in [0.3, 0.4) is 0 Å². The van der Waals surface area contributed by atoms with Gasteiger partial charge in [0.15, 0.2) is 0 Å². The molecular formula is C28H23Cl3N4O3. The maximum atomic E-state index is 12.1. The Morgan fingerprint density at radius 1 is 0.921 bits per heavy atom. The topological polar surface area (TPSA) is 93.9 Å². The van der Waals surface area contributed by atoms with E-state index >= 15 is 0 Å². The average Bonchev–Trinajstić information content (AvgIpc) is 3.49. The first-order chi connectivity index (χ1) is 18.1. The molecule has 2 heterocycles. The molecule has 38 heavy (non-hydrogen) atoms. The maximum Gasteiger partial charge on any atom is 0.306 e. The number of carbonyl (C=O) groups is 1. The van der Waals surface area contributed by atoms with Gasteiger partial charge in [-0.1, -0.05) is 34.8 Å². The van der Waals surface area contributed by atoms with Crippen LogP contribution in [0.4, 0.5) is 0 Å². The van der Waals surface area contributed by atoms with E-state index < -0.39 is 5.60 Å². The second-order valence-corrected chi connectivity index (χ2v) is 11.0. The average molecular weight is 570 g/mol. The maximum absolute atomic E-state index is 12.1. The zero-order valence-corrected chi connectivity index (χ0v) is 23.1. The van der Waals surface area contributed by atoms with Gasteiger partial charge in [0.1, 0.15) is 11.4 Å². The van der Waals surface area contributed by atoms with Gasteiger partial charge >= 0.3 is 5.97 Å². The summed E-state index contributed by atoms with van der Waals surface area (Å²) < 4.78 is 11.3. The van der Waals surface area contributed by atoms with Crippen LogP contribution in [0.1, 0.15) is 32.8 Å². The number of carbonyl (C=O) groups excluding carboxylic acids is 1. The number of H-pyrrole nitrogens is 1. The molecule has 10 heteroatoms. The normalized spacial score (nSPS) is 11.7. The van der Waals surface area contributed by atoms with Crippen molar-refractivity contribution in [2.45, 2.75) is 39.2 Å². The van der Waals surface area contributed by atoms with Gasteiger partial charge < -0.3 is 14.1 Å². The lowest BCUT2D eigenvalue weighted by Gasteiger charge is -2.19. The van der Waals surface area contributed by atoms with Crippen LogP contribution < -0.4 is 0 Å². The number of aromatic nitrogens is 4. The van der Waals surface area contributed by atoms with E-state index in [1.807, 2.05) is 51.1 Å². The van der Waals surface area contributed by atoms with Gasteiger partial charge in [-0.2, -0.15) is 0 Å². The smallest absolute Gasteiger partial charge is 0.306 e. The molecule has 3 aromatic carbocycles. The van der Waals surface area contributed by atoms with Gasteiger partial charge in [0.05, 0.1) is 26.6 Å². The quantitative estimate of drug-likeness (QED) is 0.207. The number of imidazole rings is 1. The molecular weight excluding hydrogens is 547 g/mol. The van der Waals surface area contributed by atoms with Crippen LogP contribution in [0.15, 0.2) is 59.0 Å². The number of aryl methyl sites for hydroxylation is 1. The molecule has 194 valence electrons. The highest BCUT2D eigenvalue weighted by atomic mass is 35.5. The van der Waals surface area contributed by atoms with Crippen LogP contribution in [0.2, 0.25) is 15.1 Å². The third-order valence-electron chi connectivity index (χ3n) is 5.62. The van der Waals surface area contributed by atoms with Crippen LogP contribution in [0.25, 0.3) is 45.3 Å². The highest BCUT2D eigenvalue weighted by molar-refractivity contribution is 6.39. The Balaban J connectivity index is 1.38. The summed E-state index contributed by atoms with van der Waals surface area (Å²) >= 11 is 19.2. The molecule has 0 unspecified atom stereocenters. The second-order valence-electron chi connectivity index (χ2n) is 9.76. The molecule has 1 N–H and O–H groups in total. The van der Waals surface area contributed by atoms with Crippen molar-refractivity contribution in [3.63, 3.8) is 0 Å². The minimum absolute atomic E-state index is 0.228. The molecule has 0 radical (unpaired) electrons. The van der Waals surface area contributed by atoms with Crippen molar-refractivity contribution < 1.29 is 13.9 Å². The summed E-state index contributed by atoms with van der Waals surface area (Å²) in [4.78, 5) is 20.0. The summed E-state index contributed by atoms with van der Waals surface area (Å²) in [6.45, 7) is 5.51. The molecule has 0 saturated carbocycles. The first-order valence-corrected chi connectivity index (χ1v) is 13.0. The predicted molar refractivity (Wildman–Crippen MR) is 149 cm³/mol. The lowest BCUT2D eigenvalue weighted by atomic mass is 10.1. The first-order valence-electron chi connectivity index (χ1n) is 11.9. The van der Waals surface area contributed by atoms with Crippen molar-refractivity contribution in [1.29, 1.82) is 0 Å². The predicted octanol–water partition coefficient (Wildman–Crippen LogP) is 8.18. The molecule has 0 fully saturated rings. The number of hydrogen-bond acceptors (Lipinski definition) is 6. The number of nitrogens with one attached hydrogen (secondary N) is 1. The Morgan fingerprint density at radius 3 is 2.21 bits per heavy atom. The number of rotatable bonds is 6. The highest BCUT2D eigenvalue weighted by Crippen LogP contribution is 2.36. The van der Waals surface area contributed by atoms with E-state index in [1.54, 1.807) is 24.3 Å². The van der Waals surface area contributed by atoms with Crippen molar-refractivity contribution in [2.24, 2.45) is 0 Å². The largest absolute Gasteiger partial charge is 0.460 e. The van der Waals surface area contributed by atoms with E-state index in [1.165, 1.54) is 0 Å². The van der Waals surface area contributed by atoms with Crippen LogP contribution in [0.5, 0.6) is 0 Å². The molecule has 0 aliphatic heterocycles. The van der Waals surface area contributed by atoms with Crippen molar-refractivity contribution in [3.05, 3.63) is 75.2 Å². The zero-order chi connectivity index (χ0) is 27.0. The summed E-state index contributed by atoms with van der Waals surface area (Å²) in [7, 11) is 0. The number of nitrogens with zero attached hydrogens (tertiary/aromatic N) is 3. The number of esters is 1. The Morgan fingerprint density at radius 2 is 1.55 bits per heavy atom. The van der Waals surface area contributed by atoms with E-state index in [0.717, 1.165) is 27.7 Å². The Hall–Kier alpha value is -3.39. The fourth-order valence-electron chi connectivity index (χ4n) is 3.95. The van der Waals surface area contributed by atoms with E-state index in [9.17, 15) is 4.79 Å². The highest BCUT2D eigenvalue weighted by Gasteiger charge is 2.19. The molecule has 0 bridgehead atoms. The van der Waals surface area contributed by atoms with E-state index in [4.69, 9.17) is 44.0 Å². The van der Waals surface area contributed by atoms with Crippen LogP contribution in [0, 0.1) is 0 Å². The molecule has 0 atom stereocenters. The molecule has 0 amide bonds. The van der Waals surface area contributed by atoms with Crippen molar-refractivity contribution in [2.75, 3.05) is 0 Å². The molecule has 0 aliphatic carbocycles. The van der Waals surface area contributed by atoms with Gasteiger partial charge in [-0.05, 0) is 87.4 Å². The lowest BCUT2D eigenvalue weighted by molar-refractivity contribution is -0.154. The van der Waals surface area contributed by atoms with Crippen molar-refractivity contribution in [3.8, 4) is 34.3 Å². The minimum atomic E-state index is -0.528. The summed E-state index contributed by atoms with van der Waals surface area (Å²) in [5, 5.41) is 9.83. The first kappa shape index (κ1) is 26.2. The summed E-state index contributed by atoms with van der Waals surface area (Å²) in [5.41, 5.74) is 3.87. The monoisotopic (exact) mass is 568 g/mol. The number of fused-ring (bicyclic) bond motifs is 1. The van der Waals surface area contributed by atoms with Gasteiger partial charge in [-0.3, -0.25) is 4.79 Å². The van der Waals surface area contributed by atoms with Gasteiger partial charge in [0, 0.05) is 22.6 Å². The molecule has 0 spiro atoms. The fraction of sp³-hybridized carbons (Fsp3) is 0.214. The Kier molecular flexibility index (Phi) is 7.18. The van der Waals surface area contributed by atoms with E-state index in [0.29, 0.717) is 44.7 Å². The number of hydrogen-bond donors (Lipinski definition) is 1. The molecule has 5 aromatic rings. The van der Waals surface area contributed by atoms with Crippen LogP contribution in [-0.2, 0) is 16.0 Å². The molecule has 2 aromatic heterocycles. The number of benzene rings is 3. The van der Waals surface area contributed by atoms with Crippen LogP contribution >= 0.6 is 34.8 Å². The third kappa shape index (κ3) is 5.85. The van der Waals surface area contributed by atoms with Gasteiger partial charge in [0.2, 0.25) is 11.8 Å². The lowest BCUT2D eigenvalue weighted by Crippen LogP contribution is -2.24. The summed E-state index contributed by atoms with van der Waals surface area (Å²) in [6, 6.07) is 16.3. The Bertz CT molecular complexity index is 1610.